The Kier molecular flexibility index (Phi) is 4.61. The minimum atomic E-state index is -4.46. The van der Waals surface area contributed by atoms with E-state index in [0.717, 1.165) is 16.4 Å². The molecule has 3 aromatic rings. The zero-order valence-corrected chi connectivity index (χ0v) is 15.1. The van der Waals surface area contributed by atoms with Crippen LogP contribution in [0.3, 0.4) is 0 Å². The molecule has 3 rings (SSSR count). The molecular formula is C18H15F3N2O3S. The van der Waals surface area contributed by atoms with Gasteiger partial charge in [0.25, 0.3) is 0 Å². The fourth-order valence-electron chi connectivity index (χ4n) is 2.74. The highest BCUT2D eigenvalue weighted by Crippen LogP contribution is 2.34. The van der Waals surface area contributed by atoms with Crippen LogP contribution in [0.2, 0.25) is 0 Å². The van der Waals surface area contributed by atoms with Crippen LogP contribution in [0.4, 0.5) is 13.2 Å². The number of aromatic nitrogens is 1. The van der Waals surface area contributed by atoms with E-state index in [9.17, 15) is 26.4 Å². The molecule has 1 N–H and O–H groups in total. The molecule has 5 nitrogen and oxygen atoms in total. The van der Waals surface area contributed by atoms with Crippen molar-refractivity contribution in [3.8, 4) is 11.3 Å². The number of alkyl halides is 3. The lowest BCUT2D eigenvalue weighted by atomic mass is 10.0. The molecule has 1 aromatic heterocycles. The molecule has 0 unspecified atom stereocenters. The highest BCUT2D eigenvalue weighted by Gasteiger charge is 2.30. The van der Waals surface area contributed by atoms with Crippen LogP contribution in [0.25, 0.3) is 22.2 Å². The van der Waals surface area contributed by atoms with Gasteiger partial charge in [0.05, 0.1) is 16.2 Å². The third kappa shape index (κ3) is 3.35. The summed E-state index contributed by atoms with van der Waals surface area (Å²) in [6.45, 7) is 0. The van der Waals surface area contributed by atoms with Crippen molar-refractivity contribution in [2.45, 2.75) is 11.1 Å². The Morgan fingerprint density at radius 1 is 1.04 bits per heavy atom. The molecule has 2 aromatic carbocycles. The number of halogens is 3. The number of sulfonamides is 1. The van der Waals surface area contributed by atoms with Crippen LogP contribution >= 0.6 is 0 Å². The van der Waals surface area contributed by atoms with Gasteiger partial charge in [-0.05, 0) is 35.9 Å². The SMILES string of the molecule is CN(C)S(=O)(=O)c1ccc2[nH]c(-c3ccc(C(F)(F)F)cc3)c(C=O)c2c1. The number of aldehydes is 1. The fourth-order valence-corrected chi connectivity index (χ4v) is 3.67. The molecule has 0 aliphatic heterocycles. The summed E-state index contributed by atoms with van der Waals surface area (Å²) >= 11 is 0. The van der Waals surface area contributed by atoms with Gasteiger partial charge in [0.15, 0.2) is 6.29 Å². The smallest absolute Gasteiger partial charge is 0.354 e. The van der Waals surface area contributed by atoms with Crippen LogP contribution in [0.5, 0.6) is 0 Å². The number of aromatic amines is 1. The van der Waals surface area contributed by atoms with Crippen LogP contribution in [-0.2, 0) is 16.2 Å². The first-order chi connectivity index (χ1) is 12.6. The van der Waals surface area contributed by atoms with Gasteiger partial charge in [-0.15, -0.1) is 0 Å². The van der Waals surface area contributed by atoms with Crippen molar-refractivity contribution in [3.63, 3.8) is 0 Å². The molecule has 1 heterocycles. The van der Waals surface area contributed by atoms with E-state index in [0.29, 0.717) is 28.4 Å². The summed E-state index contributed by atoms with van der Waals surface area (Å²) in [7, 11) is -0.905. The second kappa shape index (κ2) is 6.50. The molecule has 0 fully saturated rings. The molecule has 142 valence electrons. The van der Waals surface area contributed by atoms with Gasteiger partial charge >= 0.3 is 6.18 Å². The minimum Gasteiger partial charge on any atom is -0.354 e. The number of nitrogens with one attached hydrogen (secondary N) is 1. The number of fused-ring (bicyclic) bond motifs is 1. The van der Waals surface area contributed by atoms with Crippen molar-refractivity contribution in [1.82, 2.24) is 9.29 Å². The first-order valence-electron chi connectivity index (χ1n) is 7.77. The van der Waals surface area contributed by atoms with Crippen LogP contribution in [-0.4, -0.2) is 38.1 Å². The number of nitrogens with zero attached hydrogens (tertiary/aromatic N) is 1. The van der Waals surface area contributed by atoms with E-state index in [-0.39, 0.29) is 10.5 Å². The number of hydrogen-bond acceptors (Lipinski definition) is 3. The number of H-pyrrole nitrogens is 1. The van der Waals surface area contributed by atoms with Gasteiger partial charge in [0.2, 0.25) is 10.0 Å². The Bertz CT molecular complexity index is 1120. The molecule has 0 amide bonds. The van der Waals surface area contributed by atoms with E-state index < -0.39 is 21.8 Å². The van der Waals surface area contributed by atoms with E-state index in [2.05, 4.69) is 4.98 Å². The third-order valence-electron chi connectivity index (χ3n) is 4.21. The predicted octanol–water partition coefficient (Wildman–Crippen LogP) is 3.92. The number of rotatable bonds is 4. The number of carbonyl (C=O) groups excluding carboxylic acids is 1. The van der Waals surface area contributed by atoms with Gasteiger partial charge in [-0.3, -0.25) is 4.79 Å². The average molecular weight is 396 g/mol. The lowest BCUT2D eigenvalue weighted by molar-refractivity contribution is -0.137. The van der Waals surface area contributed by atoms with Crippen molar-refractivity contribution in [2.24, 2.45) is 0 Å². The Hall–Kier alpha value is -2.65. The summed E-state index contributed by atoms with van der Waals surface area (Å²) in [5.41, 5.74) is 0.603. The second-order valence-electron chi connectivity index (χ2n) is 6.10. The maximum atomic E-state index is 12.7. The topological polar surface area (TPSA) is 70.2 Å². The summed E-state index contributed by atoms with van der Waals surface area (Å²) in [6, 6.07) is 8.68. The fraction of sp³-hybridized carbons (Fsp3) is 0.167. The largest absolute Gasteiger partial charge is 0.416 e. The molecule has 0 saturated heterocycles. The molecule has 0 spiro atoms. The zero-order chi connectivity index (χ0) is 20.0. The van der Waals surface area contributed by atoms with Crippen molar-refractivity contribution in [1.29, 1.82) is 0 Å². The first kappa shape index (κ1) is 19.1. The summed E-state index contributed by atoms with van der Waals surface area (Å²) in [6.07, 6.45) is -3.90. The Morgan fingerprint density at radius 2 is 1.67 bits per heavy atom. The van der Waals surface area contributed by atoms with Crippen LogP contribution in [0.15, 0.2) is 47.4 Å². The van der Waals surface area contributed by atoms with E-state index in [1.54, 1.807) is 0 Å². The van der Waals surface area contributed by atoms with Gasteiger partial charge in [-0.1, -0.05) is 12.1 Å². The molecule has 27 heavy (non-hydrogen) atoms. The normalized spacial score (nSPS) is 12.7. The number of carbonyl (C=O) groups is 1. The van der Waals surface area contributed by atoms with E-state index in [1.807, 2.05) is 0 Å². The van der Waals surface area contributed by atoms with Gasteiger partial charge in [0.1, 0.15) is 0 Å². The Labute approximate surface area is 153 Å². The lowest BCUT2D eigenvalue weighted by Crippen LogP contribution is -2.22. The Balaban J connectivity index is 2.17. The van der Waals surface area contributed by atoms with Gasteiger partial charge in [-0.25, -0.2) is 12.7 Å². The van der Waals surface area contributed by atoms with Gasteiger partial charge < -0.3 is 4.98 Å². The van der Waals surface area contributed by atoms with E-state index >= 15 is 0 Å². The highest BCUT2D eigenvalue weighted by atomic mass is 32.2. The molecule has 0 bridgehead atoms. The Morgan fingerprint density at radius 3 is 2.19 bits per heavy atom. The maximum Gasteiger partial charge on any atom is 0.416 e. The summed E-state index contributed by atoms with van der Waals surface area (Å²) in [4.78, 5) is 14.6. The lowest BCUT2D eigenvalue weighted by Gasteiger charge is -2.11. The molecule has 0 aliphatic carbocycles. The quantitative estimate of drug-likeness (QED) is 0.680. The summed E-state index contributed by atoms with van der Waals surface area (Å²) in [5.74, 6) is 0. The van der Waals surface area contributed by atoms with Crippen molar-refractivity contribution in [2.75, 3.05) is 14.1 Å². The summed E-state index contributed by atoms with van der Waals surface area (Å²) < 4.78 is 63.9. The van der Waals surface area contributed by atoms with Crippen molar-refractivity contribution < 1.29 is 26.4 Å². The van der Waals surface area contributed by atoms with Crippen molar-refractivity contribution >= 4 is 27.2 Å². The number of hydrogen-bond donors (Lipinski definition) is 1. The van der Waals surface area contributed by atoms with Crippen molar-refractivity contribution in [3.05, 3.63) is 53.6 Å². The standard InChI is InChI=1S/C18H15F3N2O3S/c1-23(2)27(25,26)13-7-8-16-14(9-13)15(10-24)17(22-16)11-3-5-12(6-4-11)18(19,20)21/h3-10,22H,1-2H3. The molecule has 0 aliphatic rings. The summed E-state index contributed by atoms with van der Waals surface area (Å²) in [5, 5.41) is 0.378. The molecule has 0 atom stereocenters. The van der Waals surface area contributed by atoms with E-state index in [1.165, 1.54) is 44.4 Å². The molecular weight excluding hydrogens is 381 g/mol. The second-order valence-corrected chi connectivity index (χ2v) is 8.25. The van der Waals surface area contributed by atoms with Gasteiger partial charge in [0, 0.05) is 30.6 Å². The van der Waals surface area contributed by atoms with Crippen LogP contribution in [0.1, 0.15) is 15.9 Å². The molecule has 9 heteroatoms. The first-order valence-corrected chi connectivity index (χ1v) is 9.21. The predicted molar refractivity (Wildman–Crippen MR) is 95.0 cm³/mol. The monoisotopic (exact) mass is 396 g/mol. The van der Waals surface area contributed by atoms with E-state index in [4.69, 9.17) is 0 Å². The zero-order valence-electron chi connectivity index (χ0n) is 14.3. The number of benzene rings is 2. The maximum absolute atomic E-state index is 12.7. The minimum absolute atomic E-state index is 0.0149. The average Bonchev–Trinajstić information content (AvgIpc) is 2.98. The molecule has 0 saturated carbocycles. The molecule has 0 radical (unpaired) electrons. The van der Waals surface area contributed by atoms with Crippen LogP contribution in [0, 0.1) is 0 Å². The van der Waals surface area contributed by atoms with Crippen LogP contribution < -0.4 is 0 Å². The van der Waals surface area contributed by atoms with Gasteiger partial charge in [-0.2, -0.15) is 13.2 Å². The highest BCUT2D eigenvalue weighted by molar-refractivity contribution is 7.89. The third-order valence-corrected chi connectivity index (χ3v) is 6.02.